The quantitative estimate of drug-likeness (QED) is 0.620. The standard InChI is InChI=1S/C12H16N2O4/c1-8-5-4-6-9(14(17)18)10(8)13-7-12(2,3)11(15)16/h4-6,13H,7H2,1-3H3,(H,15,16). The van der Waals surface area contributed by atoms with Crippen LogP contribution in [0.15, 0.2) is 18.2 Å². The fourth-order valence-electron chi connectivity index (χ4n) is 1.42. The molecular formula is C12H16N2O4. The number of nitro groups is 1. The van der Waals surface area contributed by atoms with Crippen molar-refractivity contribution >= 4 is 17.3 Å². The molecule has 1 aromatic rings. The molecule has 0 aliphatic rings. The third-order valence-corrected chi connectivity index (χ3v) is 2.73. The Morgan fingerprint density at radius 3 is 2.61 bits per heavy atom. The average molecular weight is 252 g/mol. The third kappa shape index (κ3) is 2.97. The molecule has 6 nitrogen and oxygen atoms in total. The number of nitrogens with one attached hydrogen (secondary N) is 1. The predicted octanol–water partition coefficient (Wildman–Crippen LogP) is 2.43. The summed E-state index contributed by atoms with van der Waals surface area (Å²) >= 11 is 0. The molecule has 0 aliphatic heterocycles. The molecule has 98 valence electrons. The summed E-state index contributed by atoms with van der Waals surface area (Å²) in [6, 6.07) is 4.73. The van der Waals surface area contributed by atoms with Crippen molar-refractivity contribution in [1.82, 2.24) is 0 Å². The van der Waals surface area contributed by atoms with E-state index >= 15 is 0 Å². The van der Waals surface area contributed by atoms with E-state index in [1.54, 1.807) is 32.9 Å². The molecule has 0 bridgehead atoms. The molecule has 18 heavy (non-hydrogen) atoms. The number of carbonyl (C=O) groups is 1. The van der Waals surface area contributed by atoms with Crippen LogP contribution in [0.25, 0.3) is 0 Å². The van der Waals surface area contributed by atoms with Gasteiger partial charge in [-0.1, -0.05) is 12.1 Å². The van der Waals surface area contributed by atoms with Crippen LogP contribution in [0.5, 0.6) is 0 Å². The van der Waals surface area contributed by atoms with E-state index < -0.39 is 16.3 Å². The van der Waals surface area contributed by atoms with Gasteiger partial charge in [-0.2, -0.15) is 0 Å². The molecule has 0 amide bonds. The molecule has 0 aromatic heterocycles. The number of anilines is 1. The number of aryl methyl sites for hydroxylation is 1. The molecule has 0 heterocycles. The number of carboxylic acid groups (broad SMARTS) is 1. The number of rotatable bonds is 5. The van der Waals surface area contributed by atoms with Gasteiger partial charge in [0.15, 0.2) is 0 Å². The van der Waals surface area contributed by atoms with Gasteiger partial charge in [0.05, 0.1) is 10.3 Å². The fourth-order valence-corrected chi connectivity index (χ4v) is 1.42. The number of hydrogen-bond acceptors (Lipinski definition) is 4. The lowest BCUT2D eigenvalue weighted by molar-refractivity contribution is -0.384. The van der Waals surface area contributed by atoms with Crippen LogP contribution in [-0.4, -0.2) is 22.5 Å². The van der Waals surface area contributed by atoms with Crippen molar-refractivity contribution in [3.05, 3.63) is 33.9 Å². The van der Waals surface area contributed by atoms with Crippen molar-refractivity contribution in [3.63, 3.8) is 0 Å². The number of benzene rings is 1. The van der Waals surface area contributed by atoms with Crippen LogP contribution < -0.4 is 5.32 Å². The molecule has 0 fully saturated rings. The fraction of sp³-hybridized carbons (Fsp3) is 0.417. The number of para-hydroxylation sites is 1. The van der Waals surface area contributed by atoms with E-state index in [4.69, 9.17) is 5.11 Å². The highest BCUT2D eigenvalue weighted by atomic mass is 16.6. The second-order valence-corrected chi connectivity index (χ2v) is 4.77. The topological polar surface area (TPSA) is 92.5 Å². The van der Waals surface area contributed by atoms with Gasteiger partial charge in [0.1, 0.15) is 5.69 Å². The average Bonchev–Trinajstić information content (AvgIpc) is 2.26. The molecule has 1 aromatic carbocycles. The monoisotopic (exact) mass is 252 g/mol. The van der Waals surface area contributed by atoms with Gasteiger partial charge >= 0.3 is 5.97 Å². The first-order valence-electron chi connectivity index (χ1n) is 5.47. The van der Waals surface area contributed by atoms with Crippen LogP contribution in [0.4, 0.5) is 11.4 Å². The summed E-state index contributed by atoms with van der Waals surface area (Å²) in [6.45, 7) is 4.98. The molecule has 0 radical (unpaired) electrons. The summed E-state index contributed by atoms with van der Waals surface area (Å²) in [5, 5.41) is 22.7. The largest absolute Gasteiger partial charge is 0.481 e. The van der Waals surface area contributed by atoms with Crippen molar-refractivity contribution in [3.8, 4) is 0 Å². The Morgan fingerprint density at radius 2 is 2.11 bits per heavy atom. The number of carboxylic acids is 1. The van der Waals surface area contributed by atoms with E-state index in [-0.39, 0.29) is 12.2 Å². The minimum absolute atomic E-state index is 0.0452. The summed E-state index contributed by atoms with van der Waals surface area (Å²) in [7, 11) is 0. The third-order valence-electron chi connectivity index (χ3n) is 2.73. The first-order valence-corrected chi connectivity index (χ1v) is 5.47. The smallest absolute Gasteiger partial charge is 0.310 e. The maximum Gasteiger partial charge on any atom is 0.310 e. The highest BCUT2D eigenvalue weighted by Crippen LogP contribution is 2.29. The van der Waals surface area contributed by atoms with Gasteiger partial charge < -0.3 is 10.4 Å². The number of nitrogens with zero attached hydrogens (tertiary/aromatic N) is 1. The van der Waals surface area contributed by atoms with E-state index in [1.807, 2.05) is 0 Å². The van der Waals surface area contributed by atoms with Crippen molar-refractivity contribution in [2.45, 2.75) is 20.8 Å². The van der Waals surface area contributed by atoms with Gasteiger partial charge in [-0.05, 0) is 26.3 Å². The zero-order valence-corrected chi connectivity index (χ0v) is 10.6. The predicted molar refractivity (Wildman–Crippen MR) is 67.7 cm³/mol. The highest BCUT2D eigenvalue weighted by Gasteiger charge is 2.28. The minimum atomic E-state index is -0.990. The van der Waals surface area contributed by atoms with Crippen LogP contribution in [0.1, 0.15) is 19.4 Å². The maximum absolute atomic E-state index is 11.0. The van der Waals surface area contributed by atoms with Crippen molar-refractivity contribution in [2.75, 3.05) is 11.9 Å². The Balaban J connectivity index is 2.98. The van der Waals surface area contributed by atoms with Gasteiger partial charge in [-0.15, -0.1) is 0 Å². The van der Waals surface area contributed by atoms with Crippen LogP contribution in [-0.2, 0) is 4.79 Å². The zero-order chi connectivity index (χ0) is 13.9. The van der Waals surface area contributed by atoms with E-state index in [2.05, 4.69) is 5.32 Å². The van der Waals surface area contributed by atoms with Crippen molar-refractivity contribution < 1.29 is 14.8 Å². The zero-order valence-electron chi connectivity index (χ0n) is 10.6. The molecule has 2 N–H and O–H groups in total. The molecular weight excluding hydrogens is 236 g/mol. The number of nitro benzene ring substituents is 1. The highest BCUT2D eigenvalue weighted by molar-refractivity contribution is 5.75. The lowest BCUT2D eigenvalue weighted by Gasteiger charge is -2.20. The molecule has 1 rings (SSSR count). The lowest BCUT2D eigenvalue weighted by Crippen LogP contribution is -2.32. The Bertz CT molecular complexity index is 483. The molecule has 0 saturated carbocycles. The normalized spacial score (nSPS) is 11.1. The second-order valence-electron chi connectivity index (χ2n) is 4.77. The van der Waals surface area contributed by atoms with Crippen LogP contribution in [0, 0.1) is 22.5 Å². The lowest BCUT2D eigenvalue weighted by atomic mass is 9.93. The second kappa shape index (κ2) is 5.03. The maximum atomic E-state index is 11.0. The molecule has 6 heteroatoms. The SMILES string of the molecule is Cc1cccc([N+](=O)[O-])c1NCC(C)(C)C(=O)O. The molecule has 0 aliphatic carbocycles. The van der Waals surface area contributed by atoms with E-state index in [0.29, 0.717) is 11.3 Å². The van der Waals surface area contributed by atoms with Gasteiger partial charge in [0.25, 0.3) is 5.69 Å². The minimum Gasteiger partial charge on any atom is -0.481 e. The first kappa shape index (κ1) is 14.0. The van der Waals surface area contributed by atoms with Gasteiger partial charge in [0, 0.05) is 12.6 Å². The van der Waals surface area contributed by atoms with E-state index in [0.717, 1.165) is 0 Å². The van der Waals surface area contributed by atoms with Gasteiger partial charge in [0.2, 0.25) is 0 Å². The van der Waals surface area contributed by atoms with Gasteiger partial charge in [-0.3, -0.25) is 14.9 Å². The van der Waals surface area contributed by atoms with Crippen LogP contribution in [0.2, 0.25) is 0 Å². The van der Waals surface area contributed by atoms with Gasteiger partial charge in [-0.25, -0.2) is 0 Å². The van der Waals surface area contributed by atoms with Crippen LogP contribution >= 0.6 is 0 Å². The van der Waals surface area contributed by atoms with Crippen molar-refractivity contribution in [1.29, 1.82) is 0 Å². The van der Waals surface area contributed by atoms with Crippen molar-refractivity contribution in [2.24, 2.45) is 5.41 Å². The summed E-state index contributed by atoms with van der Waals surface area (Å²) < 4.78 is 0. The molecule has 0 spiro atoms. The summed E-state index contributed by atoms with van der Waals surface area (Å²) in [4.78, 5) is 21.4. The van der Waals surface area contributed by atoms with E-state index in [9.17, 15) is 14.9 Å². The first-order chi connectivity index (χ1) is 8.25. The van der Waals surface area contributed by atoms with E-state index in [1.165, 1.54) is 6.07 Å². The Morgan fingerprint density at radius 1 is 1.50 bits per heavy atom. The Labute approximate surface area is 105 Å². The Hall–Kier alpha value is -2.11. The van der Waals surface area contributed by atoms with Crippen LogP contribution in [0.3, 0.4) is 0 Å². The summed E-state index contributed by atoms with van der Waals surface area (Å²) in [6.07, 6.45) is 0. The molecule has 0 saturated heterocycles. The number of hydrogen-bond donors (Lipinski definition) is 2. The number of aliphatic carboxylic acids is 1. The molecule has 0 unspecified atom stereocenters. The summed E-state index contributed by atoms with van der Waals surface area (Å²) in [5.74, 6) is -0.953. The summed E-state index contributed by atoms with van der Waals surface area (Å²) in [5.41, 5.74) is 0.0503. The molecule has 0 atom stereocenters. The Kier molecular flexibility index (Phi) is 3.90.